The largest absolute Gasteiger partial charge is 0.497 e. The molecule has 0 saturated heterocycles. The number of hydrogen-bond donors (Lipinski definition) is 1. The first-order chi connectivity index (χ1) is 13.1. The summed E-state index contributed by atoms with van der Waals surface area (Å²) in [6.07, 6.45) is -0.677. The normalized spacial score (nSPS) is 10.1. The van der Waals surface area contributed by atoms with E-state index in [4.69, 9.17) is 9.47 Å². The zero-order valence-corrected chi connectivity index (χ0v) is 15.1. The third kappa shape index (κ3) is 4.52. The number of carbonyl (C=O) groups is 2. The van der Waals surface area contributed by atoms with Gasteiger partial charge in [0.1, 0.15) is 11.5 Å². The molecule has 1 N–H and O–H groups in total. The van der Waals surface area contributed by atoms with Gasteiger partial charge in [0.05, 0.1) is 12.7 Å². The summed E-state index contributed by atoms with van der Waals surface area (Å²) in [6.45, 7) is 1.95. The lowest BCUT2D eigenvalue weighted by atomic mass is 10.0. The smallest absolute Gasteiger partial charge is 0.417 e. The Hall–Kier alpha value is -3.60. The van der Waals surface area contributed by atoms with Gasteiger partial charge in [0, 0.05) is 11.3 Å². The summed E-state index contributed by atoms with van der Waals surface area (Å²) in [7, 11) is 1.51. The van der Waals surface area contributed by atoms with Gasteiger partial charge in [0.25, 0.3) is 0 Å². The summed E-state index contributed by atoms with van der Waals surface area (Å²) < 4.78 is 10.6. The number of ketones is 1. The molecule has 5 nitrogen and oxygen atoms in total. The summed E-state index contributed by atoms with van der Waals surface area (Å²) in [5, 5.41) is 2.63. The molecular formula is C22H19NO4. The van der Waals surface area contributed by atoms with Crippen molar-refractivity contribution in [1.29, 1.82) is 0 Å². The molecule has 0 aliphatic heterocycles. The fourth-order valence-corrected chi connectivity index (χ4v) is 2.53. The van der Waals surface area contributed by atoms with E-state index in [0.717, 1.165) is 5.56 Å². The van der Waals surface area contributed by atoms with Gasteiger partial charge >= 0.3 is 6.09 Å². The fraction of sp³-hybridized carbons (Fsp3) is 0.0909. The molecule has 0 unspecified atom stereocenters. The Balaban J connectivity index is 1.87. The second kappa shape index (κ2) is 8.19. The maximum absolute atomic E-state index is 12.9. The monoisotopic (exact) mass is 361 g/mol. The van der Waals surface area contributed by atoms with Gasteiger partial charge in [-0.05, 0) is 37.3 Å². The van der Waals surface area contributed by atoms with Gasteiger partial charge in [0.15, 0.2) is 5.78 Å². The molecule has 0 aromatic heterocycles. The Morgan fingerprint density at radius 1 is 0.889 bits per heavy atom. The van der Waals surface area contributed by atoms with Crippen LogP contribution in [-0.4, -0.2) is 19.0 Å². The molecule has 0 aliphatic rings. The van der Waals surface area contributed by atoms with E-state index in [1.165, 1.54) is 7.11 Å². The SMILES string of the molecule is COc1ccc(OC(=O)Nc2ccccc2)c(C(=O)c2ccc(C)cc2)c1. The number of methoxy groups -OCH3 is 1. The van der Waals surface area contributed by atoms with Crippen molar-refractivity contribution in [1.82, 2.24) is 0 Å². The molecule has 27 heavy (non-hydrogen) atoms. The van der Waals surface area contributed by atoms with Crippen LogP contribution in [0.2, 0.25) is 0 Å². The molecule has 0 spiro atoms. The summed E-state index contributed by atoms with van der Waals surface area (Å²) in [6, 6.07) is 20.9. The predicted octanol–water partition coefficient (Wildman–Crippen LogP) is 4.85. The minimum Gasteiger partial charge on any atom is -0.497 e. The van der Waals surface area contributed by atoms with Crippen LogP contribution in [0, 0.1) is 6.92 Å². The maximum Gasteiger partial charge on any atom is 0.417 e. The predicted molar refractivity (Wildman–Crippen MR) is 104 cm³/mol. The van der Waals surface area contributed by atoms with E-state index >= 15 is 0 Å². The van der Waals surface area contributed by atoms with E-state index in [1.54, 1.807) is 54.6 Å². The van der Waals surface area contributed by atoms with Crippen molar-refractivity contribution < 1.29 is 19.1 Å². The Labute approximate surface area is 157 Å². The Kier molecular flexibility index (Phi) is 5.52. The van der Waals surface area contributed by atoms with E-state index in [2.05, 4.69) is 5.32 Å². The van der Waals surface area contributed by atoms with Gasteiger partial charge < -0.3 is 9.47 Å². The molecule has 0 bridgehead atoms. The molecule has 136 valence electrons. The van der Waals surface area contributed by atoms with Crippen molar-refractivity contribution in [2.24, 2.45) is 0 Å². The molecule has 0 heterocycles. The number of benzene rings is 3. The molecule has 0 radical (unpaired) electrons. The van der Waals surface area contributed by atoms with Crippen LogP contribution >= 0.6 is 0 Å². The van der Waals surface area contributed by atoms with Crippen LogP contribution in [0.3, 0.4) is 0 Å². The van der Waals surface area contributed by atoms with Crippen molar-refractivity contribution in [3.05, 3.63) is 89.5 Å². The molecule has 3 aromatic carbocycles. The van der Waals surface area contributed by atoms with Crippen LogP contribution in [0.5, 0.6) is 11.5 Å². The van der Waals surface area contributed by atoms with Crippen molar-refractivity contribution in [2.75, 3.05) is 12.4 Å². The number of anilines is 1. The number of carbonyl (C=O) groups excluding carboxylic acids is 2. The van der Waals surface area contributed by atoms with E-state index in [9.17, 15) is 9.59 Å². The average molecular weight is 361 g/mol. The van der Waals surface area contributed by atoms with E-state index < -0.39 is 6.09 Å². The Morgan fingerprint density at radius 2 is 1.59 bits per heavy atom. The van der Waals surface area contributed by atoms with Crippen molar-refractivity contribution in [3.8, 4) is 11.5 Å². The summed E-state index contributed by atoms with van der Waals surface area (Å²) in [5.74, 6) is 0.410. The summed E-state index contributed by atoms with van der Waals surface area (Å²) in [5.41, 5.74) is 2.40. The van der Waals surface area contributed by atoms with Gasteiger partial charge in [-0.3, -0.25) is 10.1 Å². The number of amides is 1. The van der Waals surface area contributed by atoms with E-state index in [-0.39, 0.29) is 17.1 Å². The fourth-order valence-electron chi connectivity index (χ4n) is 2.53. The van der Waals surface area contributed by atoms with Gasteiger partial charge in [0.2, 0.25) is 0 Å². The number of hydrogen-bond acceptors (Lipinski definition) is 4. The third-order valence-electron chi connectivity index (χ3n) is 3.97. The van der Waals surface area contributed by atoms with E-state index in [0.29, 0.717) is 17.0 Å². The maximum atomic E-state index is 12.9. The van der Waals surface area contributed by atoms with Crippen LogP contribution < -0.4 is 14.8 Å². The number of para-hydroxylation sites is 1. The molecule has 0 aliphatic carbocycles. The number of aryl methyl sites for hydroxylation is 1. The number of nitrogens with one attached hydrogen (secondary N) is 1. The van der Waals surface area contributed by atoms with Gasteiger partial charge in [-0.15, -0.1) is 0 Å². The number of ether oxygens (including phenoxy) is 2. The van der Waals surface area contributed by atoms with Crippen molar-refractivity contribution in [3.63, 3.8) is 0 Å². The topological polar surface area (TPSA) is 64.6 Å². The van der Waals surface area contributed by atoms with Crippen LogP contribution in [-0.2, 0) is 0 Å². The number of rotatable bonds is 5. The lowest BCUT2D eigenvalue weighted by molar-refractivity contribution is 0.103. The molecule has 3 aromatic rings. The van der Waals surface area contributed by atoms with Crippen LogP contribution in [0.4, 0.5) is 10.5 Å². The lowest BCUT2D eigenvalue weighted by Gasteiger charge is -2.12. The Bertz CT molecular complexity index is 950. The van der Waals surface area contributed by atoms with Gasteiger partial charge in [-0.2, -0.15) is 0 Å². The highest BCUT2D eigenvalue weighted by molar-refractivity contribution is 6.11. The van der Waals surface area contributed by atoms with Crippen LogP contribution in [0.1, 0.15) is 21.5 Å². The highest BCUT2D eigenvalue weighted by Crippen LogP contribution is 2.27. The first-order valence-corrected chi connectivity index (χ1v) is 8.40. The molecular weight excluding hydrogens is 342 g/mol. The molecule has 1 amide bonds. The first-order valence-electron chi connectivity index (χ1n) is 8.40. The first kappa shape index (κ1) is 18.2. The van der Waals surface area contributed by atoms with Gasteiger partial charge in [-0.1, -0.05) is 48.0 Å². The van der Waals surface area contributed by atoms with Crippen LogP contribution in [0.15, 0.2) is 72.8 Å². The minimum absolute atomic E-state index is 0.162. The quantitative estimate of drug-likeness (QED) is 0.660. The third-order valence-corrected chi connectivity index (χ3v) is 3.97. The Morgan fingerprint density at radius 3 is 2.26 bits per heavy atom. The molecule has 0 fully saturated rings. The molecule has 0 saturated carbocycles. The minimum atomic E-state index is -0.677. The second-order valence-corrected chi connectivity index (χ2v) is 5.94. The molecule has 0 atom stereocenters. The standard InChI is InChI=1S/C22H19NO4/c1-15-8-10-16(11-9-15)21(24)19-14-18(26-2)12-13-20(19)27-22(25)23-17-6-4-3-5-7-17/h3-14H,1-2H3,(H,23,25). The average Bonchev–Trinajstić information content (AvgIpc) is 2.69. The van der Waals surface area contributed by atoms with E-state index in [1.807, 2.05) is 25.1 Å². The highest BCUT2D eigenvalue weighted by Gasteiger charge is 2.18. The molecule has 5 heteroatoms. The van der Waals surface area contributed by atoms with Crippen molar-refractivity contribution >= 4 is 17.6 Å². The zero-order chi connectivity index (χ0) is 19.2. The zero-order valence-electron chi connectivity index (χ0n) is 15.1. The summed E-state index contributed by atoms with van der Waals surface area (Å²) in [4.78, 5) is 25.1. The lowest BCUT2D eigenvalue weighted by Crippen LogP contribution is -2.18. The van der Waals surface area contributed by atoms with Crippen LogP contribution in [0.25, 0.3) is 0 Å². The van der Waals surface area contributed by atoms with Gasteiger partial charge in [-0.25, -0.2) is 4.79 Å². The second-order valence-electron chi connectivity index (χ2n) is 5.94. The molecule has 3 rings (SSSR count). The van der Waals surface area contributed by atoms with Crippen molar-refractivity contribution in [2.45, 2.75) is 6.92 Å². The summed E-state index contributed by atoms with van der Waals surface area (Å²) >= 11 is 0. The highest BCUT2D eigenvalue weighted by atomic mass is 16.6.